The minimum Gasteiger partial charge on any atom is -0.480 e. The Kier molecular flexibility index (Phi) is 7.28. The molecule has 22 heavy (non-hydrogen) atoms. The number of hydrogen-bond donors (Lipinski definition) is 2. The van der Waals surface area contributed by atoms with E-state index < -0.39 is 39.1 Å². The van der Waals surface area contributed by atoms with Crippen molar-refractivity contribution in [3.05, 3.63) is 35.4 Å². The van der Waals surface area contributed by atoms with Gasteiger partial charge in [0.2, 0.25) is 0 Å². The summed E-state index contributed by atoms with van der Waals surface area (Å²) < 4.78 is 20.8. The average molecular weight is 330 g/mol. The van der Waals surface area contributed by atoms with E-state index in [1.807, 2.05) is 0 Å². The summed E-state index contributed by atoms with van der Waals surface area (Å²) in [5, 5.41) is 16.9. The lowest BCUT2D eigenvalue weighted by Crippen LogP contribution is -2.14. The van der Waals surface area contributed by atoms with Crippen molar-refractivity contribution >= 4 is 25.9 Å². The molecule has 0 fully saturated rings. The molecule has 0 aromatic heterocycles. The molecule has 0 amide bonds. The molecule has 9 heteroatoms. The van der Waals surface area contributed by atoms with Gasteiger partial charge in [0.05, 0.1) is 5.56 Å². The predicted octanol–water partition coefficient (Wildman–Crippen LogP) is 1.05. The average Bonchev–Trinajstić information content (AvgIpc) is 2.48. The molecule has 0 saturated carbocycles. The SMILES string of the molecule is O=C(O)COC(=O)c1ccccc1CC[PH](=O)OCC(=O)O. The number of hydrogen-bond acceptors (Lipinski definition) is 6. The monoisotopic (exact) mass is 330 g/mol. The molecule has 0 aliphatic carbocycles. The molecule has 1 unspecified atom stereocenters. The molecule has 1 aromatic rings. The molecule has 0 heterocycles. The lowest BCUT2D eigenvalue weighted by molar-refractivity contribution is -0.140. The van der Waals surface area contributed by atoms with Crippen LogP contribution in [0.1, 0.15) is 15.9 Å². The highest BCUT2D eigenvalue weighted by atomic mass is 31.1. The molecule has 0 saturated heterocycles. The summed E-state index contributed by atoms with van der Waals surface area (Å²) in [6.45, 7) is -1.38. The molecular weight excluding hydrogens is 315 g/mol. The van der Waals surface area contributed by atoms with Crippen molar-refractivity contribution in [2.24, 2.45) is 0 Å². The van der Waals surface area contributed by atoms with Crippen LogP contribution in [-0.2, 0) is 29.8 Å². The fourth-order valence-corrected chi connectivity index (χ4v) is 2.50. The fourth-order valence-electron chi connectivity index (χ4n) is 1.59. The number of ether oxygens (including phenoxy) is 1. The van der Waals surface area contributed by atoms with Crippen LogP contribution >= 0.6 is 8.03 Å². The van der Waals surface area contributed by atoms with Crippen LogP contribution in [0.3, 0.4) is 0 Å². The summed E-state index contributed by atoms with van der Waals surface area (Å²) >= 11 is 0. The first-order chi connectivity index (χ1) is 10.4. The van der Waals surface area contributed by atoms with Gasteiger partial charge in [-0.05, 0) is 18.1 Å². The van der Waals surface area contributed by atoms with E-state index in [2.05, 4.69) is 9.26 Å². The highest BCUT2D eigenvalue weighted by molar-refractivity contribution is 7.39. The third kappa shape index (κ3) is 6.51. The second kappa shape index (κ2) is 8.96. The largest absolute Gasteiger partial charge is 0.480 e. The van der Waals surface area contributed by atoms with Gasteiger partial charge in [0.15, 0.2) is 21.2 Å². The molecule has 120 valence electrons. The second-order valence-electron chi connectivity index (χ2n) is 4.18. The van der Waals surface area contributed by atoms with E-state index in [4.69, 9.17) is 10.2 Å². The number of rotatable bonds is 9. The van der Waals surface area contributed by atoms with Crippen LogP contribution in [0.4, 0.5) is 0 Å². The Morgan fingerprint density at radius 1 is 1.05 bits per heavy atom. The van der Waals surface area contributed by atoms with E-state index >= 15 is 0 Å². The standard InChI is InChI=1S/C13H15O8P/c14-11(15)7-20-13(18)10-4-2-1-3-9(10)5-6-22(19)21-8-12(16)17/h1-4,22H,5-8H2,(H,14,15)(H,16,17). The van der Waals surface area contributed by atoms with Crippen molar-refractivity contribution in [1.29, 1.82) is 0 Å². The summed E-state index contributed by atoms with van der Waals surface area (Å²) in [5.74, 6) is -3.27. The van der Waals surface area contributed by atoms with Crippen LogP contribution in [0.15, 0.2) is 24.3 Å². The van der Waals surface area contributed by atoms with Crippen molar-refractivity contribution in [1.82, 2.24) is 0 Å². The number of carbonyl (C=O) groups is 3. The van der Waals surface area contributed by atoms with Gasteiger partial charge in [-0.2, -0.15) is 0 Å². The van der Waals surface area contributed by atoms with E-state index in [0.29, 0.717) is 5.56 Å². The normalized spacial score (nSPS) is 11.6. The summed E-state index contributed by atoms with van der Waals surface area (Å²) in [6, 6.07) is 6.34. The maximum absolute atomic E-state index is 11.8. The number of carbonyl (C=O) groups excluding carboxylic acids is 1. The Hall–Kier alpha value is -2.18. The van der Waals surface area contributed by atoms with Crippen molar-refractivity contribution in [2.75, 3.05) is 19.4 Å². The van der Waals surface area contributed by atoms with Gasteiger partial charge in [-0.3, -0.25) is 4.57 Å². The Balaban J connectivity index is 2.63. The smallest absolute Gasteiger partial charge is 0.341 e. The van der Waals surface area contributed by atoms with Crippen molar-refractivity contribution in [3.63, 3.8) is 0 Å². The predicted molar refractivity (Wildman–Crippen MR) is 75.5 cm³/mol. The second-order valence-corrected chi connectivity index (χ2v) is 5.71. The minimum absolute atomic E-state index is 0.0706. The first-order valence-corrected chi connectivity index (χ1v) is 7.76. The highest BCUT2D eigenvalue weighted by Crippen LogP contribution is 2.24. The molecule has 0 spiro atoms. The maximum atomic E-state index is 11.8. The summed E-state index contributed by atoms with van der Waals surface area (Å²) in [5.41, 5.74) is 0.701. The van der Waals surface area contributed by atoms with Gasteiger partial charge in [0.1, 0.15) is 0 Å². The van der Waals surface area contributed by atoms with Crippen molar-refractivity contribution in [2.45, 2.75) is 6.42 Å². The molecule has 0 radical (unpaired) electrons. The number of aliphatic carboxylic acids is 2. The highest BCUT2D eigenvalue weighted by Gasteiger charge is 2.14. The van der Waals surface area contributed by atoms with Gasteiger partial charge in [0, 0.05) is 6.16 Å². The number of carboxylic acid groups (broad SMARTS) is 2. The molecular formula is C13H15O8P. The molecule has 0 bridgehead atoms. The minimum atomic E-state index is -2.53. The quantitative estimate of drug-likeness (QED) is 0.508. The summed E-state index contributed by atoms with van der Waals surface area (Å²) in [4.78, 5) is 32.4. The number of carboxylic acids is 2. The first kappa shape index (κ1) is 17.9. The fraction of sp³-hybridized carbons (Fsp3) is 0.308. The van der Waals surface area contributed by atoms with Crippen LogP contribution in [0.5, 0.6) is 0 Å². The van der Waals surface area contributed by atoms with Gasteiger partial charge in [-0.1, -0.05) is 18.2 Å². The zero-order chi connectivity index (χ0) is 16.5. The Morgan fingerprint density at radius 3 is 2.32 bits per heavy atom. The Bertz CT molecular complexity index is 583. The van der Waals surface area contributed by atoms with Crippen LogP contribution < -0.4 is 0 Å². The lowest BCUT2D eigenvalue weighted by Gasteiger charge is -2.08. The first-order valence-electron chi connectivity index (χ1n) is 6.24. The lowest BCUT2D eigenvalue weighted by atomic mass is 10.1. The number of aryl methyl sites for hydroxylation is 1. The topological polar surface area (TPSA) is 127 Å². The third-order valence-corrected chi connectivity index (χ3v) is 3.64. The Labute approximate surface area is 126 Å². The number of esters is 1. The molecule has 8 nitrogen and oxygen atoms in total. The van der Waals surface area contributed by atoms with Crippen LogP contribution in [0, 0.1) is 0 Å². The summed E-state index contributed by atoms with van der Waals surface area (Å²) in [7, 11) is -2.53. The zero-order valence-electron chi connectivity index (χ0n) is 11.5. The zero-order valence-corrected chi connectivity index (χ0v) is 12.5. The maximum Gasteiger partial charge on any atom is 0.341 e. The van der Waals surface area contributed by atoms with Gasteiger partial charge in [-0.15, -0.1) is 0 Å². The summed E-state index contributed by atoms with van der Waals surface area (Å²) in [6.07, 6.45) is 0.289. The Morgan fingerprint density at radius 2 is 1.68 bits per heavy atom. The molecule has 1 rings (SSSR count). The van der Waals surface area contributed by atoms with Crippen LogP contribution in [0.25, 0.3) is 0 Å². The van der Waals surface area contributed by atoms with Gasteiger partial charge in [0.25, 0.3) is 0 Å². The molecule has 1 aromatic carbocycles. The molecule has 1 atom stereocenters. The van der Waals surface area contributed by atoms with Crippen molar-refractivity contribution < 1.29 is 38.4 Å². The molecule has 0 aliphatic heterocycles. The van der Waals surface area contributed by atoms with E-state index in [1.165, 1.54) is 6.07 Å². The van der Waals surface area contributed by atoms with E-state index in [-0.39, 0.29) is 18.1 Å². The van der Waals surface area contributed by atoms with E-state index in [0.717, 1.165) is 0 Å². The van der Waals surface area contributed by atoms with Gasteiger partial charge in [-0.25, -0.2) is 14.4 Å². The molecule has 0 aliphatic rings. The van der Waals surface area contributed by atoms with Crippen LogP contribution in [-0.4, -0.2) is 47.5 Å². The third-order valence-electron chi connectivity index (χ3n) is 2.52. The van der Waals surface area contributed by atoms with Crippen LogP contribution in [0.2, 0.25) is 0 Å². The number of benzene rings is 1. The molecule has 2 N–H and O–H groups in total. The van der Waals surface area contributed by atoms with E-state index in [9.17, 15) is 18.9 Å². The van der Waals surface area contributed by atoms with Gasteiger partial charge < -0.3 is 19.5 Å². The van der Waals surface area contributed by atoms with Gasteiger partial charge >= 0.3 is 17.9 Å². The van der Waals surface area contributed by atoms with Crippen molar-refractivity contribution in [3.8, 4) is 0 Å². The van der Waals surface area contributed by atoms with E-state index in [1.54, 1.807) is 18.2 Å².